The molecule has 2 heterocycles. The van der Waals surface area contributed by atoms with Crippen LogP contribution in [0.5, 0.6) is 0 Å². The van der Waals surface area contributed by atoms with E-state index < -0.39 is 0 Å². The third-order valence-electron chi connectivity index (χ3n) is 4.86. The summed E-state index contributed by atoms with van der Waals surface area (Å²) >= 11 is 1.75. The van der Waals surface area contributed by atoms with Gasteiger partial charge in [-0.25, -0.2) is 9.67 Å². The molecule has 29 heavy (non-hydrogen) atoms. The highest BCUT2D eigenvalue weighted by molar-refractivity contribution is 7.98. The van der Waals surface area contributed by atoms with Gasteiger partial charge in [-0.3, -0.25) is 4.79 Å². The molecule has 1 amide bonds. The molecule has 1 atom stereocenters. The summed E-state index contributed by atoms with van der Waals surface area (Å²) in [6.07, 6.45) is 4.63. The highest BCUT2D eigenvalue weighted by Crippen LogP contribution is 2.21. The number of aryl methyl sites for hydroxylation is 1. The maximum absolute atomic E-state index is 12.9. The number of benzene rings is 2. The lowest BCUT2D eigenvalue weighted by atomic mass is 10.1. The summed E-state index contributed by atoms with van der Waals surface area (Å²) in [5, 5.41) is 7.45. The molecule has 0 aliphatic heterocycles. The van der Waals surface area contributed by atoms with Gasteiger partial charge in [-0.1, -0.05) is 12.1 Å². The van der Waals surface area contributed by atoms with Gasteiger partial charge in [-0.05, 0) is 67.8 Å². The van der Waals surface area contributed by atoms with Gasteiger partial charge in [-0.2, -0.15) is 16.9 Å². The minimum atomic E-state index is -0.171. The summed E-state index contributed by atoms with van der Waals surface area (Å²) in [6.45, 7) is 2.00. The van der Waals surface area contributed by atoms with E-state index in [0.717, 1.165) is 40.4 Å². The smallest absolute Gasteiger partial charge is 0.251 e. The standard InChI is InChI=1S/C22H23N5OS/c1-15-11-13-23-27(15)17-9-7-16(8-10-17)22(28)26-20(12-14-29-2)21-24-18-5-3-4-6-19(18)25-21/h3-11,13,20H,12,14H2,1-2H3,(H,24,25)(H,26,28)/t20-/m0/s1. The van der Waals surface area contributed by atoms with E-state index in [1.165, 1.54) is 0 Å². The second kappa shape index (κ2) is 8.53. The number of hydrogen-bond donors (Lipinski definition) is 2. The minimum Gasteiger partial charge on any atom is -0.342 e. The molecular weight excluding hydrogens is 382 g/mol. The molecule has 0 fully saturated rings. The molecule has 7 heteroatoms. The van der Waals surface area contributed by atoms with Crippen LogP contribution in [0.4, 0.5) is 0 Å². The molecule has 0 unspecified atom stereocenters. The first-order chi connectivity index (χ1) is 14.2. The third-order valence-corrected chi connectivity index (χ3v) is 5.50. The lowest BCUT2D eigenvalue weighted by Crippen LogP contribution is -2.29. The number of nitrogens with one attached hydrogen (secondary N) is 2. The monoisotopic (exact) mass is 405 g/mol. The summed E-state index contributed by atoms with van der Waals surface area (Å²) in [7, 11) is 0. The molecule has 0 saturated carbocycles. The fraction of sp³-hybridized carbons (Fsp3) is 0.227. The van der Waals surface area contributed by atoms with Crippen LogP contribution in [0, 0.1) is 6.92 Å². The van der Waals surface area contributed by atoms with Gasteiger partial charge in [0.2, 0.25) is 0 Å². The quantitative estimate of drug-likeness (QED) is 0.481. The molecular formula is C22H23N5OS. The van der Waals surface area contributed by atoms with Crippen molar-refractivity contribution in [1.82, 2.24) is 25.1 Å². The van der Waals surface area contributed by atoms with Crippen LogP contribution in [0.1, 0.15) is 34.3 Å². The zero-order valence-corrected chi connectivity index (χ0v) is 17.2. The molecule has 2 aromatic heterocycles. The van der Waals surface area contributed by atoms with Gasteiger partial charge in [-0.15, -0.1) is 0 Å². The number of imidazole rings is 1. The van der Waals surface area contributed by atoms with Gasteiger partial charge in [0.15, 0.2) is 0 Å². The molecule has 0 radical (unpaired) electrons. The van der Waals surface area contributed by atoms with Crippen LogP contribution in [-0.2, 0) is 0 Å². The van der Waals surface area contributed by atoms with E-state index >= 15 is 0 Å². The number of thioether (sulfide) groups is 1. The highest BCUT2D eigenvalue weighted by Gasteiger charge is 2.19. The van der Waals surface area contributed by atoms with Crippen LogP contribution < -0.4 is 5.32 Å². The molecule has 6 nitrogen and oxygen atoms in total. The average molecular weight is 406 g/mol. The summed E-state index contributed by atoms with van der Waals surface area (Å²) < 4.78 is 1.84. The Labute approximate surface area is 173 Å². The Morgan fingerprint density at radius 3 is 2.66 bits per heavy atom. The Balaban J connectivity index is 1.54. The lowest BCUT2D eigenvalue weighted by molar-refractivity contribution is 0.0934. The van der Waals surface area contributed by atoms with Crippen molar-refractivity contribution < 1.29 is 4.79 Å². The van der Waals surface area contributed by atoms with Gasteiger partial charge in [0.1, 0.15) is 5.82 Å². The first-order valence-corrected chi connectivity index (χ1v) is 10.9. The van der Waals surface area contributed by atoms with Crippen LogP contribution >= 0.6 is 11.8 Å². The van der Waals surface area contributed by atoms with Crippen molar-refractivity contribution >= 4 is 28.7 Å². The van der Waals surface area contributed by atoms with Crippen molar-refractivity contribution in [2.45, 2.75) is 19.4 Å². The number of aromatic amines is 1. The summed E-state index contributed by atoms with van der Waals surface area (Å²) in [4.78, 5) is 20.9. The maximum Gasteiger partial charge on any atom is 0.251 e. The fourth-order valence-corrected chi connectivity index (χ4v) is 3.76. The number of rotatable bonds is 7. The van der Waals surface area contributed by atoms with Crippen LogP contribution in [0.25, 0.3) is 16.7 Å². The number of aromatic nitrogens is 4. The summed E-state index contributed by atoms with van der Waals surface area (Å²) in [6, 6.07) is 17.2. The van der Waals surface area contributed by atoms with Gasteiger partial charge < -0.3 is 10.3 Å². The number of carbonyl (C=O) groups excluding carboxylic acids is 1. The SMILES string of the molecule is CSCC[C@H](NC(=O)c1ccc(-n2nccc2C)cc1)c1nc2ccccc2[nH]1. The number of carbonyl (C=O) groups is 1. The Morgan fingerprint density at radius 2 is 1.97 bits per heavy atom. The topological polar surface area (TPSA) is 75.6 Å². The van der Waals surface area contributed by atoms with E-state index in [0.29, 0.717) is 5.56 Å². The minimum absolute atomic E-state index is 0.111. The molecule has 0 aliphatic rings. The number of hydrogen-bond acceptors (Lipinski definition) is 4. The van der Waals surface area contributed by atoms with E-state index in [2.05, 4.69) is 26.6 Å². The number of H-pyrrole nitrogens is 1. The number of para-hydroxylation sites is 2. The highest BCUT2D eigenvalue weighted by atomic mass is 32.2. The second-order valence-corrected chi connectivity index (χ2v) is 7.86. The molecule has 4 aromatic rings. The molecule has 148 valence electrons. The zero-order chi connectivity index (χ0) is 20.2. The average Bonchev–Trinajstić information content (AvgIpc) is 3.37. The van der Waals surface area contributed by atoms with Crippen molar-refractivity contribution in [2.24, 2.45) is 0 Å². The molecule has 0 saturated heterocycles. The first-order valence-electron chi connectivity index (χ1n) is 9.51. The molecule has 0 spiro atoms. The fourth-order valence-electron chi connectivity index (χ4n) is 3.29. The maximum atomic E-state index is 12.9. The van der Waals surface area contributed by atoms with E-state index in [-0.39, 0.29) is 11.9 Å². The zero-order valence-electron chi connectivity index (χ0n) is 16.4. The molecule has 4 rings (SSSR count). The summed E-state index contributed by atoms with van der Waals surface area (Å²) in [5.41, 5.74) is 4.47. The van der Waals surface area contributed by atoms with Gasteiger partial charge in [0.25, 0.3) is 5.91 Å². The molecule has 0 bridgehead atoms. The number of nitrogens with zero attached hydrogens (tertiary/aromatic N) is 3. The predicted molar refractivity (Wildman–Crippen MR) is 118 cm³/mol. The lowest BCUT2D eigenvalue weighted by Gasteiger charge is -2.16. The van der Waals surface area contributed by atoms with Gasteiger partial charge in [0.05, 0.1) is 22.8 Å². The largest absolute Gasteiger partial charge is 0.342 e. The van der Waals surface area contributed by atoms with Crippen molar-refractivity contribution in [1.29, 1.82) is 0 Å². The molecule has 2 aromatic carbocycles. The van der Waals surface area contributed by atoms with Crippen molar-refractivity contribution in [2.75, 3.05) is 12.0 Å². The number of fused-ring (bicyclic) bond motifs is 1. The number of amides is 1. The van der Waals surface area contributed by atoms with E-state index in [9.17, 15) is 4.79 Å². The van der Waals surface area contributed by atoms with Crippen LogP contribution in [0.2, 0.25) is 0 Å². The molecule has 0 aliphatic carbocycles. The normalized spacial score (nSPS) is 12.2. The van der Waals surface area contributed by atoms with Crippen LogP contribution in [0.15, 0.2) is 60.8 Å². The predicted octanol–water partition coefficient (Wildman–Crippen LogP) is 4.28. The van der Waals surface area contributed by atoms with Gasteiger partial charge in [0, 0.05) is 17.5 Å². The summed E-state index contributed by atoms with van der Waals surface area (Å²) in [5.74, 6) is 1.61. The van der Waals surface area contributed by atoms with E-state index in [4.69, 9.17) is 0 Å². The Morgan fingerprint density at radius 1 is 1.17 bits per heavy atom. The van der Waals surface area contributed by atoms with Crippen molar-refractivity contribution in [3.8, 4) is 5.69 Å². The second-order valence-electron chi connectivity index (χ2n) is 6.88. The third kappa shape index (κ3) is 4.19. The van der Waals surface area contributed by atoms with Crippen molar-refractivity contribution in [3.05, 3.63) is 77.9 Å². The van der Waals surface area contributed by atoms with E-state index in [1.54, 1.807) is 18.0 Å². The Hall–Kier alpha value is -3.06. The Kier molecular flexibility index (Phi) is 5.67. The van der Waals surface area contributed by atoms with Crippen LogP contribution in [0.3, 0.4) is 0 Å². The molecule has 2 N–H and O–H groups in total. The first kappa shape index (κ1) is 19.3. The van der Waals surface area contributed by atoms with Crippen molar-refractivity contribution in [3.63, 3.8) is 0 Å². The van der Waals surface area contributed by atoms with E-state index in [1.807, 2.05) is 66.2 Å². The van der Waals surface area contributed by atoms with Crippen LogP contribution in [-0.4, -0.2) is 37.7 Å². The Bertz CT molecular complexity index is 1080. The van der Waals surface area contributed by atoms with Gasteiger partial charge >= 0.3 is 0 Å².